The van der Waals surface area contributed by atoms with E-state index in [1.165, 1.54) is 0 Å². The minimum atomic E-state index is -0.00283. The number of benzene rings is 1. The number of aryl methyl sites for hydroxylation is 1. The van der Waals surface area contributed by atoms with Crippen LogP contribution in [0, 0.1) is 0 Å². The number of nitrogens with one attached hydrogen (secondary N) is 1. The predicted octanol–water partition coefficient (Wildman–Crippen LogP) is 3.04. The number of ether oxygens (including phenoxy) is 2. The predicted molar refractivity (Wildman–Crippen MR) is 88.5 cm³/mol. The van der Waals surface area contributed by atoms with E-state index in [1.807, 2.05) is 43.3 Å². The van der Waals surface area contributed by atoms with Crippen molar-refractivity contribution in [2.24, 2.45) is 0 Å². The molecule has 0 aliphatic heterocycles. The Morgan fingerprint density at radius 1 is 1.17 bits per heavy atom. The lowest BCUT2D eigenvalue weighted by Gasteiger charge is -2.12. The van der Waals surface area contributed by atoms with Crippen LogP contribution in [0.25, 0.3) is 11.3 Å². The van der Waals surface area contributed by atoms with Gasteiger partial charge in [0.15, 0.2) is 0 Å². The molecule has 1 atom stereocenters. The van der Waals surface area contributed by atoms with Gasteiger partial charge >= 0.3 is 0 Å². The van der Waals surface area contributed by atoms with Gasteiger partial charge in [-0.25, -0.2) is 0 Å². The molecule has 1 aromatic carbocycles. The summed E-state index contributed by atoms with van der Waals surface area (Å²) in [5.74, 6) is 2.39. The summed E-state index contributed by atoms with van der Waals surface area (Å²) < 4.78 is 15.9. The molecule has 5 heteroatoms. The highest BCUT2D eigenvalue weighted by molar-refractivity contribution is 5.76. The minimum absolute atomic E-state index is 0.00283. The molecule has 1 unspecified atom stereocenters. The summed E-state index contributed by atoms with van der Waals surface area (Å²) in [4.78, 5) is 11.8. The largest absolute Gasteiger partial charge is 0.497 e. The normalized spacial score (nSPS) is 12.0. The average molecular weight is 317 g/mol. The van der Waals surface area contributed by atoms with Gasteiger partial charge in [0.1, 0.15) is 17.3 Å². The van der Waals surface area contributed by atoms with Crippen LogP contribution in [0.2, 0.25) is 0 Å². The van der Waals surface area contributed by atoms with Gasteiger partial charge in [-0.1, -0.05) is 0 Å². The molecule has 5 nitrogen and oxygen atoms in total. The summed E-state index contributed by atoms with van der Waals surface area (Å²) in [6.45, 7) is 2.42. The topological polar surface area (TPSA) is 60.7 Å². The van der Waals surface area contributed by atoms with Gasteiger partial charge in [0.2, 0.25) is 5.91 Å². The van der Waals surface area contributed by atoms with Crippen LogP contribution in [0.5, 0.6) is 5.75 Å². The van der Waals surface area contributed by atoms with E-state index in [0.717, 1.165) is 22.8 Å². The third kappa shape index (κ3) is 5.14. The van der Waals surface area contributed by atoms with Crippen LogP contribution in [0.15, 0.2) is 40.8 Å². The summed E-state index contributed by atoms with van der Waals surface area (Å²) in [6.07, 6.45) is 0.964. The molecule has 0 aliphatic carbocycles. The SMILES string of the molecule is COCC(C)NC(=O)CCc1ccc(-c2ccc(OC)cc2)o1. The van der Waals surface area contributed by atoms with Crippen molar-refractivity contribution in [1.29, 1.82) is 0 Å². The number of amides is 1. The lowest BCUT2D eigenvalue weighted by molar-refractivity contribution is -0.122. The fourth-order valence-corrected chi connectivity index (χ4v) is 2.30. The van der Waals surface area contributed by atoms with Crippen molar-refractivity contribution in [2.45, 2.75) is 25.8 Å². The zero-order chi connectivity index (χ0) is 16.7. The van der Waals surface area contributed by atoms with E-state index in [9.17, 15) is 4.79 Å². The lowest BCUT2D eigenvalue weighted by Crippen LogP contribution is -2.35. The van der Waals surface area contributed by atoms with Gasteiger partial charge in [0, 0.05) is 31.6 Å². The van der Waals surface area contributed by atoms with Crippen LogP contribution in [0.1, 0.15) is 19.1 Å². The summed E-state index contributed by atoms with van der Waals surface area (Å²) in [5, 5.41) is 2.88. The van der Waals surface area contributed by atoms with Crippen molar-refractivity contribution in [3.63, 3.8) is 0 Å². The zero-order valence-corrected chi connectivity index (χ0v) is 13.8. The minimum Gasteiger partial charge on any atom is -0.497 e. The molecule has 1 aromatic heterocycles. The number of methoxy groups -OCH3 is 2. The number of carbonyl (C=O) groups is 1. The van der Waals surface area contributed by atoms with Crippen LogP contribution in [-0.2, 0) is 16.0 Å². The lowest BCUT2D eigenvalue weighted by atomic mass is 10.2. The number of furan rings is 1. The second-order valence-corrected chi connectivity index (χ2v) is 5.42. The molecule has 0 saturated heterocycles. The van der Waals surface area contributed by atoms with Crippen LogP contribution >= 0.6 is 0 Å². The summed E-state index contributed by atoms with van der Waals surface area (Å²) in [6, 6.07) is 11.5. The van der Waals surface area contributed by atoms with E-state index in [2.05, 4.69) is 5.32 Å². The monoisotopic (exact) mass is 317 g/mol. The van der Waals surface area contributed by atoms with Crippen LogP contribution in [0.3, 0.4) is 0 Å². The first-order valence-electron chi connectivity index (χ1n) is 7.64. The molecule has 124 valence electrons. The number of rotatable bonds is 8. The van der Waals surface area contributed by atoms with Gasteiger partial charge in [-0.05, 0) is 43.3 Å². The molecule has 0 bridgehead atoms. The molecular formula is C18H23NO4. The van der Waals surface area contributed by atoms with Gasteiger partial charge in [-0.15, -0.1) is 0 Å². The first-order valence-corrected chi connectivity index (χ1v) is 7.64. The highest BCUT2D eigenvalue weighted by Gasteiger charge is 2.10. The molecule has 2 aromatic rings. The Labute approximate surface area is 136 Å². The second kappa shape index (κ2) is 8.39. The van der Waals surface area contributed by atoms with Crippen molar-refractivity contribution in [1.82, 2.24) is 5.32 Å². The van der Waals surface area contributed by atoms with Gasteiger partial charge in [-0.3, -0.25) is 4.79 Å². The van der Waals surface area contributed by atoms with Crippen molar-refractivity contribution in [3.05, 3.63) is 42.2 Å². The van der Waals surface area contributed by atoms with E-state index in [1.54, 1.807) is 14.2 Å². The molecule has 1 N–H and O–H groups in total. The highest BCUT2D eigenvalue weighted by atomic mass is 16.5. The Bertz CT molecular complexity index is 618. The number of hydrogen-bond donors (Lipinski definition) is 1. The highest BCUT2D eigenvalue weighted by Crippen LogP contribution is 2.24. The Morgan fingerprint density at radius 2 is 1.91 bits per heavy atom. The maximum absolute atomic E-state index is 11.8. The smallest absolute Gasteiger partial charge is 0.220 e. The molecule has 0 saturated carbocycles. The fraction of sp³-hybridized carbons (Fsp3) is 0.389. The molecule has 0 spiro atoms. The van der Waals surface area contributed by atoms with Gasteiger partial charge in [0.25, 0.3) is 0 Å². The standard InChI is InChI=1S/C18H23NO4/c1-13(12-21-2)19-18(20)11-9-16-8-10-17(23-16)14-4-6-15(22-3)7-5-14/h4-8,10,13H,9,11-12H2,1-3H3,(H,19,20). The third-order valence-corrected chi connectivity index (χ3v) is 3.46. The fourth-order valence-electron chi connectivity index (χ4n) is 2.30. The van der Waals surface area contributed by atoms with E-state index in [4.69, 9.17) is 13.9 Å². The Hall–Kier alpha value is -2.27. The van der Waals surface area contributed by atoms with Crippen LogP contribution in [-0.4, -0.2) is 32.8 Å². The third-order valence-electron chi connectivity index (χ3n) is 3.46. The Kier molecular flexibility index (Phi) is 6.23. The van der Waals surface area contributed by atoms with Crippen molar-refractivity contribution in [3.8, 4) is 17.1 Å². The molecule has 0 radical (unpaired) electrons. The maximum Gasteiger partial charge on any atom is 0.220 e. The van der Waals surface area contributed by atoms with E-state index < -0.39 is 0 Å². The Balaban J connectivity index is 1.88. The first kappa shape index (κ1) is 17.1. The molecule has 0 aliphatic rings. The van der Waals surface area contributed by atoms with Gasteiger partial charge < -0.3 is 19.2 Å². The average Bonchev–Trinajstić information content (AvgIpc) is 3.02. The summed E-state index contributed by atoms with van der Waals surface area (Å²) in [7, 11) is 3.25. The molecule has 23 heavy (non-hydrogen) atoms. The molecule has 1 heterocycles. The van der Waals surface area contributed by atoms with Gasteiger partial charge in [-0.2, -0.15) is 0 Å². The van der Waals surface area contributed by atoms with Crippen molar-refractivity contribution in [2.75, 3.05) is 20.8 Å². The first-order chi connectivity index (χ1) is 11.1. The van der Waals surface area contributed by atoms with Crippen LogP contribution in [0.4, 0.5) is 0 Å². The molecular weight excluding hydrogens is 294 g/mol. The van der Waals surface area contributed by atoms with Crippen molar-refractivity contribution < 1.29 is 18.7 Å². The summed E-state index contributed by atoms with van der Waals surface area (Å²) in [5.41, 5.74) is 0.982. The van der Waals surface area contributed by atoms with E-state index in [0.29, 0.717) is 19.4 Å². The molecule has 0 fully saturated rings. The molecule has 2 rings (SSSR count). The second-order valence-electron chi connectivity index (χ2n) is 5.42. The number of carbonyl (C=O) groups excluding carboxylic acids is 1. The van der Waals surface area contributed by atoms with Crippen molar-refractivity contribution >= 4 is 5.91 Å². The quantitative estimate of drug-likeness (QED) is 0.813. The maximum atomic E-state index is 11.8. The molecule has 1 amide bonds. The Morgan fingerprint density at radius 3 is 2.57 bits per heavy atom. The number of hydrogen-bond acceptors (Lipinski definition) is 4. The zero-order valence-electron chi connectivity index (χ0n) is 13.8. The van der Waals surface area contributed by atoms with Gasteiger partial charge in [0.05, 0.1) is 13.7 Å². The summed E-state index contributed by atoms with van der Waals surface area (Å²) >= 11 is 0. The van der Waals surface area contributed by atoms with E-state index >= 15 is 0 Å². The van der Waals surface area contributed by atoms with Crippen LogP contribution < -0.4 is 10.1 Å². The van der Waals surface area contributed by atoms with E-state index in [-0.39, 0.29) is 11.9 Å².